The molecule has 0 fully saturated rings. The van der Waals surface area contributed by atoms with Crippen LogP contribution in [-0.4, -0.2) is 44.3 Å². The standard InChI is InChI=1S/C22H19N5OS2/c1-26(2)20(28)11-19-23-14(12-29-19)13-30-22-25-16-8-4-3-7-15(16)21-24-17-9-5-6-10-18(17)27(21)22/h3-10,12H,11,13H2,1-2H3. The molecule has 0 atom stereocenters. The van der Waals surface area contributed by atoms with Crippen LogP contribution in [0.15, 0.2) is 59.1 Å². The molecular weight excluding hydrogens is 414 g/mol. The molecule has 6 nitrogen and oxygen atoms in total. The number of fused-ring (bicyclic) bond motifs is 5. The van der Waals surface area contributed by atoms with Gasteiger partial charge in [-0.2, -0.15) is 0 Å². The first kappa shape index (κ1) is 19.0. The lowest BCUT2D eigenvalue weighted by molar-refractivity contribution is -0.127. The fourth-order valence-electron chi connectivity index (χ4n) is 3.33. The van der Waals surface area contributed by atoms with E-state index in [0.717, 1.165) is 43.4 Å². The molecule has 0 spiro atoms. The second kappa shape index (κ2) is 7.70. The molecule has 0 saturated heterocycles. The maximum Gasteiger partial charge on any atom is 0.228 e. The molecule has 3 heterocycles. The minimum absolute atomic E-state index is 0.0614. The second-order valence-corrected chi connectivity index (χ2v) is 9.04. The summed E-state index contributed by atoms with van der Waals surface area (Å²) in [4.78, 5) is 28.0. The Kier molecular flexibility index (Phi) is 4.88. The topological polar surface area (TPSA) is 63.4 Å². The van der Waals surface area contributed by atoms with Gasteiger partial charge in [-0.15, -0.1) is 11.3 Å². The summed E-state index contributed by atoms with van der Waals surface area (Å²) in [6.45, 7) is 0. The van der Waals surface area contributed by atoms with Gasteiger partial charge in [0.15, 0.2) is 5.16 Å². The van der Waals surface area contributed by atoms with Crippen molar-refractivity contribution in [2.75, 3.05) is 14.1 Å². The van der Waals surface area contributed by atoms with Gasteiger partial charge in [-0.3, -0.25) is 9.20 Å². The van der Waals surface area contributed by atoms with Crippen LogP contribution >= 0.6 is 23.1 Å². The van der Waals surface area contributed by atoms with Crippen LogP contribution in [0.4, 0.5) is 0 Å². The summed E-state index contributed by atoms with van der Waals surface area (Å²) < 4.78 is 2.13. The van der Waals surface area contributed by atoms with E-state index in [4.69, 9.17) is 9.97 Å². The molecule has 0 bridgehead atoms. The molecule has 0 aliphatic rings. The van der Waals surface area contributed by atoms with Crippen LogP contribution in [0.5, 0.6) is 0 Å². The van der Waals surface area contributed by atoms with Gasteiger partial charge in [0.2, 0.25) is 5.91 Å². The summed E-state index contributed by atoms with van der Waals surface area (Å²) in [5.41, 5.74) is 4.80. The lowest BCUT2D eigenvalue weighted by Gasteiger charge is -2.08. The molecule has 0 radical (unpaired) electrons. The Bertz CT molecular complexity index is 1390. The van der Waals surface area contributed by atoms with Crippen molar-refractivity contribution in [3.8, 4) is 0 Å². The molecule has 8 heteroatoms. The number of hydrogen-bond acceptors (Lipinski definition) is 6. The summed E-state index contributed by atoms with van der Waals surface area (Å²) in [5.74, 6) is 0.742. The van der Waals surface area contributed by atoms with Crippen LogP contribution in [0, 0.1) is 0 Å². The van der Waals surface area contributed by atoms with Gasteiger partial charge in [0, 0.05) is 30.6 Å². The fraction of sp³-hybridized carbons (Fsp3) is 0.182. The predicted molar refractivity (Wildman–Crippen MR) is 122 cm³/mol. The van der Waals surface area contributed by atoms with Crippen LogP contribution in [0.2, 0.25) is 0 Å². The number of carbonyl (C=O) groups is 1. The van der Waals surface area contributed by atoms with Gasteiger partial charge in [-0.05, 0) is 24.3 Å². The first-order valence-corrected chi connectivity index (χ1v) is 11.4. The van der Waals surface area contributed by atoms with Gasteiger partial charge in [-0.25, -0.2) is 15.0 Å². The van der Waals surface area contributed by atoms with E-state index in [0.29, 0.717) is 12.2 Å². The van der Waals surface area contributed by atoms with E-state index in [1.165, 1.54) is 11.3 Å². The van der Waals surface area contributed by atoms with E-state index in [1.54, 1.807) is 30.8 Å². The fourth-order valence-corrected chi connectivity index (χ4v) is 5.12. The van der Waals surface area contributed by atoms with E-state index >= 15 is 0 Å². The lowest BCUT2D eigenvalue weighted by Crippen LogP contribution is -2.23. The predicted octanol–water partition coefficient (Wildman–Crippen LogP) is 4.42. The number of likely N-dealkylation sites (N-methyl/N-ethyl adjacent to an activating group) is 1. The third-order valence-corrected chi connectivity index (χ3v) is 6.73. The number of nitrogens with zero attached hydrogens (tertiary/aromatic N) is 5. The Morgan fingerprint density at radius 1 is 1.03 bits per heavy atom. The number of rotatable bonds is 5. The third-order valence-electron chi connectivity index (χ3n) is 4.86. The molecule has 30 heavy (non-hydrogen) atoms. The second-order valence-electron chi connectivity index (χ2n) is 7.16. The van der Waals surface area contributed by atoms with Gasteiger partial charge >= 0.3 is 0 Å². The Morgan fingerprint density at radius 3 is 2.63 bits per heavy atom. The number of para-hydroxylation sites is 3. The highest BCUT2D eigenvalue weighted by molar-refractivity contribution is 7.98. The molecule has 5 aromatic rings. The van der Waals surface area contributed by atoms with Gasteiger partial charge in [0.05, 0.1) is 28.7 Å². The molecule has 0 N–H and O–H groups in total. The maximum atomic E-state index is 11.9. The number of thiazole rings is 1. The van der Waals surface area contributed by atoms with Crippen molar-refractivity contribution in [3.05, 3.63) is 64.6 Å². The van der Waals surface area contributed by atoms with E-state index < -0.39 is 0 Å². The first-order chi connectivity index (χ1) is 14.6. The quantitative estimate of drug-likeness (QED) is 0.303. The van der Waals surface area contributed by atoms with Crippen molar-refractivity contribution in [3.63, 3.8) is 0 Å². The lowest BCUT2D eigenvalue weighted by atomic mass is 10.2. The molecule has 5 rings (SSSR count). The van der Waals surface area contributed by atoms with Gasteiger partial charge in [0.1, 0.15) is 10.7 Å². The van der Waals surface area contributed by atoms with Crippen molar-refractivity contribution in [2.24, 2.45) is 0 Å². The summed E-state index contributed by atoms with van der Waals surface area (Å²) in [6, 6.07) is 16.2. The number of amides is 1. The summed E-state index contributed by atoms with van der Waals surface area (Å²) >= 11 is 3.17. The van der Waals surface area contributed by atoms with Crippen LogP contribution in [0.1, 0.15) is 10.7 Å². The summed E-state index contributed by atoms with van der Waals surface area (Å²) in [6.07, 6.45) is 0.340. The Hall–Kier alpha value is -2.97. The van der Waals surface area contributed by atoms with Crippen molar-refractivity contribution in [2.45, 2.75) is 17.3 Å². The molecule has 0 unspecified atom stereocenters. The van der Waals surface area contributed by atoms with E-state index in [1.807, 2.05) is 41.8 Å². The highest BCUT2D eigenvalue weighted by Gasteiger charge is 2.15. The minimum atomic E-state index is 0.0614. The zero-order valence-electron chi connectivity index (χ0n) is 16.6. The average Bonchev–Trinajstić information content (AvgIpc) is 3.36. The molecule has 0 aliphatic carbocycles. The number of thioether (sulfide) groups is 1. The van der Waals surface area contributed by atoms with Crippen molar-refractivity contribution in [1.82, 2.24) is 24.3 Å². The third kappa shape index (κ3) is 3.42. The Morgan fingerprint density at radius 2 is 1.80 bits per heavy atom. The molecule has 0 aliphatic heterocycles. The zero-order chi connectivity index (χ0) is 20.7. The highest BCUT2D eigenvalue weighted by Crippen LogP contribution is 2.30. The monoisotopic (exact) mass is 433 g/mol. The number of benzene rings is 2. The number of imidazole rings is 1. The van der Waals surface area contributed by atoms with E-state index in [-0.39, 0.29) is 5.91 Å². The Labute approximate surface area is 181 Å². The molecular formula is C22H19N5OS2. The smallest absolute Gasteiger partial charge is 0.228 e. The molecule has 2 aromatic carbocycles. The van der Waals surface area contributed by atoms with E-state index in [9.17, 15) is 4.79 Å². The van der Waals surface area contributed by atoms with Crippen LogP contribution in [0.25, 0.3) is 27.6 Å². The molecule has 150 valence electrons. The molecule has 3 aromatic heterocycles. The summed E-state index contributed by atoms with van der Waals surface area (Å²) in [5, 5.41) is 4.79. The van der Waals surface area contributed by atoms with Crippen molar-refractivity contribution < 1.29 is 4.79 Å². The van der Waals surface area contributed by atoms with Crippen LogP contribution in [0.3, 0.4) is 0 Å². The Balaban J connectivity index is 1.51. The van der Waals surface area contributed by atoms with E-state index in [2.05, 4.69) is 21.5 Å². The summed E-state index contributed by atoms with van der Waals surface area (Å²) in [7, 11) is 3.53. The van der Waals surface area contributed by atoms with Crippen molar-refractivity contribution in [1.29, 1.82) is 0 Å². The normalized spacial score (nSPS) is 11.5. The molecule has 1 amide bonds. The molecule has 0 saturated carbocycles. The first-order valence-electron chi connectivity index (χ1n) is 9.52. The highest BCUT2D eigenvalue weighted by atomic mass is 32.2. The number of hydrogen-bond donors (Lipinski definition) is 0. The van der Waals surface area contributed by atoms with Gasteiger partial charge in [0.25, 0.3) is 0 Å². The maximum absolute atomic E-state index is 11.9. The SMILES string of the molecule is CN(C)C(=O)Cc1nc(CSc2nc3ccccc3c3nc4ccccc4n23)cs1. The average molecular weight is 434 g/mol. The largest absolute Gasteiger partial charge is 0.348 e. The minimum Gasteiger partial charge on any atom is -0.348 e. The van der Waals surface area contributed by atoms with Gasteiger partial charge in [-0.1, -0.05) is 36.0 Å². The van der Waals surface area contributed by atoms with Crippen molar-refractivity contribution >= 4 is 56.6 Å². The van der Waals surface area contributed by atoms with Crippen LogP contribution in [-0.2, 0) is 17.0 Å². The zero-order valence-corrected chi connectivity index (χ0v) is 18.2. The number of carbonyl (C=O) groups excluding carboxylic acids is 1. The number of aromatic nitrogens is 4. The van der Waals surface area contributed by atoms with Gasteiger partial charge < -0.3 is 4.90 Å². The van der Waals surface area contributed by atoms with Crippen LogP contribution < -0.4 is 0 Å².